The summed E-state index contributed by atoms with van der Waals surface area (Å²) in [5, 5.41) is 8.39. The summed E-state index contributed by atoms with van der Waals surface area (Å²) in [6.07, 6.45) is 3.21. The van der Waals surface area contributed by atoms with E-state index in [0.717, 1.165) is 5.76 Å². The zero-order valence-electron chi connectivity index (χ0n) is 6.66. The van der Waals surface area contributed by atoms with Gasteiger partial charge in [-0.05, 0) is 25.8 Å². The number of aliphatic imine (C=N–C) groups is 1. The third-order valence-electron chi connectivity index (χ3n) is 1.08. The van der Waals surface area contributed by atoms with Crippen LogP contribution in [0.25, 0.3) is 0 Å². The largest absolute Gasteiger partial charge is 0.501 e. The van der Waals surface area contributed by atoms with Crippen LogP contribution in [0.1, 0.15) is 6.92 Å². The van der Waals surface area contributed by atoms with Gasteiger partial charge in [0.2, 0.25) is 0 Å². The molecule has 0 aromatic heterocycles. The maximum atomic E-state index is 8.39. The molecule has 0 fully saturated rings. The van der Waals surface area contributed by atoms with Crippen LogP contribution in [0.2, 0.25) is 0 Å². The van der Waals surface area contributed by atoms with Gasteiger partial charge in [-0.1, -0.05) is 0 Å². The third kappa shape index (κ3) is 3.93. The quantitative estimate of drug-likeness (QED) is 0.266. The molecule has 0 rings (SSSR count). The first-order valence-electron chi connectivity index (χ1n) is 3.04. The number of methoxy groups -OCH3 is 1. The molecule has 0 aliphatic rings. The van der Waals surface area contributed by atoms with Crippen LogP contribution < -0.4 is 0 Å². The molecule has 0 unspecified atom stereocenters. The minimum Gasteiger partial charge on any atom is -0.501 e. The smallest absolute Gasteiger partial charge is 0.139 e. The number of hydrogen-bond acceptors (Lipinski definition) is 3. The normalized spacial score (nSPS) is 12.1. The maximum Gasteiger partial charge on any atom is 0.139 e. The van der Waals surface area contributed by atoms with E-state index in [0.29, 0.717) is 0 Å². The molecule has 0 bridgehead atoms. The number of rotatable bonds is 3. The van der Waals surface area contributed by atoms with E-state index in [1.54, 1.807) is 26.2 Å². The number of ether oxygens (including phenoxy) is 1. The minimum absolute atomic E-state index is 0.279. The first-order valence-corrected chi connectivity index (χ1v) is 3.04. The molecule has 3 heteroatoms. The van der Waals surface area contributed by atoms with Crippen LogP contribution in [-0.4, -0.2) is 13.8 Å². The van der Waals surface area contributed by atoms with Crippen molar-refractivity contribution < 1.29 is 4.74 Å². The Morgan fingerprint density at radius 2 is 2.27 bits per heavy atom. The van der Waals surface area contributed by atoms with Crippen LogP contribution in [0.4, 0.5) is 0 Å². The second-order valence-electron chi connectivity index (χ2n) is 1.80. The van der Waals surface area contributed by atoms with Crippen molar-refractivity contribution in [3.63, 3.8) is 0 Å². The summed E-state index contributed by atoms with van der Waals surface area (Å²) in [6.45, 7) is 5.01. The molecule has 3 nitrogen and oxygen atoms in total. The Morgan fingerprint density at radius 1 is 1.64 bits per heavy atom. The summed E-state index contributed by atoms with van der Waals surface area (Å²) in [5.41, 5.74) is 0.279. The first-order chi connectivity index (χ1) is 5.24. The molecule has 58 valence electrons. The monoisotopic (exact) mass is 150 g/mol. The second-order valence-corrected chi connectivity index (χ2v) is 1.80. The van der Waals surface area contributed by atoms with Gasteiger partial charge in [-0.2, -0.15) is 5.26 Å². The Bertz CT molecular complexity index is 233. The lowest BCUT2D eigenvalue weighted by Gasteiger charge is -1.93. The van der Waals surface area contributed by atoms with Gasteiger partial charge in [0.25, 0.3) is 0 Å². The lowest BCUT2D eigenvalue weighted by Crippen LogP contribution is -1.77. The van der Waals surface area contributed by atoms with Crippen molar-refractivity contribution in [3.05, 3.63) is 23.6 Å². The molecule has 0 atom stereocenters. The first kappa shape index (κ1) is 9.44. The molecule has 0 spiro atoms. The van der Waals surface area contributed by atoms with Crippen LogP contribution in [-0.2, 0) is 4.74 Å². The number of nitrogens with zero attached hydrogens (tertiary/aromatic N) is 2. The van der Waals surface area contributed by atoms with Crippen LogP contribution >= 0.6 is 0 Å². The van der Waals surface area contributed by atoms with Gasteiger partial charge in [-0.25, -0.2) is 0 Å². The van der Waals surface area contributed by atoms with Crippen molar-refractivity contribution in [2.45, 2.75) is 6.92 Å². The highest BCUT2D eigenvalue weighted by molar-refractivity contribution is 5.36. The fourth-order valence-electron chi connectivity index (χ4n) is 0.390. The summed E-state index contributed by atoms with van der Waals surface area (Å²) in [6, 6.07) is 1.86. The van der Waals surface area contributed by atoms with E-state index in [9.17, 15) is 0 Å². The maximum absolute atomic E-state index is 8.39. The Labute approximate surface area is 66.3 Å². The van der Waals surface area contributed by atoms with Crippen molar-refractivity contribution in [1.82, 2.24) is 0 Å². The molecule has 0 N–H and O–H groups in total. The molecule has 0 aromatic carbocycles. The average molecular weight is 150 g/mol. The Balaban J connectivity index is 4.33. The zero-order chi connectivity index (χ0) is 8.69. The standard InChI is InChI=1S/C8H10N2O/c1-7(11-3)4-5-8(6-9)10-2/h4-5H,2H2,1,3H3/b7-4+,8-5-. The molecule has 0 amide bonds. The summed E-state index contributed by atoms with van der Waals surface area (Å²) in [5.74, 6) is 0.724. The highest BCUT2D eigenvalue weighted by Gasteiger charge is 1.85. The van der Waals surface area contributed by atoms with E-state index >= 15 is 0 Å². The van der Waals surface area contributed by atoms with Gasteiger partial charge in [-0.15, -0.1) is 0 Å². The van der Waals surface area contributed by atoms with Crippen molar-refractivity contribution in [3.8, 4) is 6.07 Å². The second kappa shape index (κ2) is 5.24. The molecular formula is C8H10N2O. The molecule has 0 radical (unpaired) electrons. The number of hydrogen-bond donors (Lipinski definition) is 0. The summed E-state index contributed by atoms with van der Waals surface area (Å²) >= 11 is 0. The predicted octanol–water partition coefficient (Wildman–Crippen LogP) is 1.64. The fraction of sp³-hybridized carbons (Fsp3) is 0.250. The Morgan fingerprint density at radius 3 is 2.64 bits per heavy atom. The van der Waals surface area contributed by atoms with Crippen LogP contribution in [0, 0.1) is 11.3 Å². The van der Waals surface area contributed by atoms with Gasteiger partial charge in [0.05, 0.1) is 12.9 Å². The van der Waals surface area contributed by atoms with Crippen molar-refractivity contribution in [1.29, 1.82) is 5.26 Å². The predicted molar refractivity (Wildman–Crippen MR) is 44.0 cm³/mol. The van der Waals surface area contributed by atoms with E-state index < -0.39 is 0 Å². The number of allylic oxidation sites excluding steroid dienone is 4. The minimum atomic E-state index is 0.279. The van der Waals surface area contributed by atoms with Gasteiger partial charge in [0.1, 0.15) is 11.8 Å². The van der Waals surface area contributed by atoms with E-state index in [2.05, 4.69) is 11.7 Å². The molecule has 0 saturated carbocycles. The van der Waals surface area contributed by atoms with Gasteiger partial charge in [0, 0.05) is 0 Å². The van der Waals surface area contributed by atoms with Gasteiger partial charge >= 0.3 is 0 Å². The zero-order valence-corrected chi connectivity index (χ0v) is 6.66. The Kier molecular flexibility index (Phi) is 4.50. The highest BCUT2D eigenvalue weighted by atomic mass is 16.5. The average Bonchev–Trinajstić information content (AvgIpc) is 2.06. The highest BCUT2D eigenvalue weighted by Crippen LogP contribution is 1.97. The molecule has 0 aromatic rings. The van der Waals surface area contributed by atoms with Gasteiger partial charge < -0.3 is 4.74 Å². The van der Waals surface area contributed by atoms with Gasteiger partial charge in [-0.3, -0.25) is 4.99 Å². The molecule has 0 aliphatic carbocycles. The lowest BCUT2D eigenvalue weighted by atomic mass is 10.4. The molecular weight excluding hydrogens is 140 g/mol. The van der Waals surface area contributed by atoms with Crippen LogP contribution in [0.5, 0.6) is 0 Å². The molecule has 0 saturated heterocycles. The number of nitriles is 1. The van der Waals surface area contributed by atoms with E-state index in [-0.39, 0.29) is 5.70 Å². The molecule has 11 heavy (non-hydrogen) atoms. The Hall–Kier alpha value is -1.56. The van der Waals surface area contributed by atoms with E-state index in [1.165, 1.54) is 0 Å². The van der Waals surface area contributed by atoms with Crippen LogP contribution in [0.15, 0.2) is 28.6 Å². The van der Waals surface area contributed by atoms with Gasteiger partial charge in [0.15, 0.2) is 0 Å². The lowest BCUT2D eigenvalue weighted by molar-refractivity contribution is 0.294. The summed E-state index contributed by atoms with van der Waals surface area (Å²) in [7, 11) is 1.56. The van der Waals surface area contributed by atoms with Crippen molar-refractivity contribution in [2.75, 3.05) is 7.11 Å². The molecule has 0 aliphatic heterocycles. The summed E-state index contributed by atoms with van der Waals surface area (Å²) < 4.78 is 4.83. The fourth-order valence-corrected chi connectivity index (χ4v) is 0.390. The van der Waals surface area contributed by atoms with E-state index in [4.69, 9.17) is 10.00 Å². The topological polar surface area (TPSA) is 45.4 Å². The van der Waals surface area contributed by atoms with Crippen molar-refractivity contribution >= 4 is 6.72 Å². The van der Waals surface area contributed by atoms with Crippen molar-refractivity contribution in [2.24, 2.45) is 4.99 Å². The SMILES string of the molecule is C=N/C(C#N)=C\C=C(/C)OC. The molecule has 0 heterocycles. The summed E-state index contributed by atoms with van der Waals surface area (Å²) in [4.78, 5) is 3.46. The van der Waals surface area contributed by atoms with E-state index in [1.807, 2.05) is 6.07 Å². The van der Waals surface area contributed by atoms with Crippen LogP contribution in [0.3, 0.4) is 0 Å². The third-order valence-corrected chi connectivity index (χ3v) is 1.08.